The predicted molar refractivity (Wildman–Crippen MR) is 90.3 cm³/mol. The number of nitrogens with one attached hydrogen (secondary N) is 1. The second-order valence-electron chi connectivity index (χ2n) is 5.57. The van der Waals surface area contributed by atoms with Gasteiger partial charge in [-0.2, -0.15) is 0 Å². The fourth-order valence-electron chi connectivity index (χ4n) is 2.24. The first kappa shape index (κ1) is 18.0. The lowest BCUT2D eigenvalue weighted by molar-refractivity contribution is -0.697. The molecule has 1 atom stereocenters. The van der Waals surface area contributed by atoms with Gasteiger partial charge >= 0.3 is 0 Å². The average molecular weight is 347 g/mol. The van der Waals surface area contributed by atoms with Crippen molar-refractivity contribution < 1.29 is 20.0 Å². The zero-order valence-corrected chi connectivity index (χ0v) is 14.0. The molecule has 0 saturated heterocycles. The van der Waals surface area contributed by atoms with E-state index in [1.165, 1.54) is 0 Å². The van der Waals surface area contributed by atoms with Crippen LogP contribution in [0.4, 0.5) is 5.69 Å². The number of rotatable bonds is 7. The molecule has 24 heavy (non-hydrogen) atoms. The van der Waals surface area contributed by atoms with Crippen LogP contribution in [0.15, 0.2) is 48.5 Å². The lowest BCUT2D eigenvalue weighted by atomic mass is 10.1. The normalized spacial score (nSPS) is 11.8. The zero-order valence-electron chi connectivity index (χ0n) is 13.3. The molecule has 126 valence electrons. The van der Waals surface area contributed by atoms with Crippen LogP contribution in [0.25, 0.3) is 0 Å². The number of aryl methyl sites for hydroxylation is 1. The van der Waals surface area contributed by atoms with Gasteiger partial charge in [-0.3, -0.25) is 4.79 Å². The number of nitrogens with two attached hydrogens (primary N) is 1. The molecule has 0 spiro atoms. The van der Waals surface area contributed by atoms with E-state index >= 15 is 0 Å². The van der Waals surface area contributed by atoms with Crippen LogP contribution in [0, 0.1) is 6.92 Å². The maximum Gasteiger partial charge on any atom is 0.230 e. The summed E-state index contributed by atoms with van der Waals surface area (Å²) in [7, 11) is 0. The molecule has 2 aromatic rings. The topological polar surface area (TPSA) is 85.8 Å². The highest BCUT2D eigenvalue weighted by Crippen LogP contribution is 2.20. The Morgan fingerprint density at radius 2 is 1.92 bits per heavy atom. The Balaban J connectivity index is 1.92. The number of carbonyl (C=O) groups is 2. The van der Waals surface area contributed by atoms with Gasteiger partial charge in [0, 0.05) is 16.3 Å². The van der Waals surface area contributed by atoms with Gasteiger partial charge in [-0.15, -0.1) is 0 Å². The molecule has 0 radical (unpaired) electrons. The maximum absolute atomic E-state index is 12.1. The molecular formula is C18H19ClN2O3. The van der Waals surface area contributed by atoms with Crippen molar-refractivity contribution in [3.05, 3.63) is 64.7 Å². The van der Waals surface area contributed by atoms with E-state index in [1.807, 2.05) is 37.3 Å². The quantitative estimate of drug-likeness (QED) is 0.779. The third kappa shape index (κ3) is 5.37. The smallest absolute Gasteiger partial charge is 0.230 e. The van der Waals surface area contributed by atoms with Crippen LogP contribution in [-0.2, 0) is 16.1 Å². The number of quaternary nitrogens is 1. The number of halogens is 1. The number of benzene rings is 2. The number of hydrogen-bond donors (Lipinski definition) is 2. The standard InChI is InChI=1S/C18H19ClN2O3/c1-12-7-8-14(9-15(12)19)21-17(22)10-16(18(23)24)20-11-13-5-3-2-4-6-13/h2-9,16,20H,10-11H2,1H3,(H,21,22)(H,23,24). The van der Waals surface area contributed by atoms with Crippen molar-refractivity contribution in [3.8, 4) is 0 Å². The Hall–Kier alpha value is -2.37. The third-order valence-corrected chi connectivity index (χ3v) is 4.05. The highest BCUT2D eigenvalue weighted by atomic mass is 35.5. The summed E-state index contributed by atoms with van der Waals surface area (Å²) in [4.78, 5) is 23.3. The van der Waals surface area contributed by atoms with Gasteiger partial charge in [0.25, 0.3) is 0 Å². The first-order valence-corrected chi connectivity index (χ1v) is 7.97. The molecule has 0 aliphatic rings. The summed E-state index contributed by atoms with van der Waals surface area (Å²) in [6.45, 7) is 2.32. The number of carbonyl (C=O) groups excluding carboxylic acids is 2. The lowest BCUT2D eigenvalue weighted by Gasteiger charge is -2.16. The molecule has 0 bridgehead atoms. The lowest BCUT2D eigenvalue weighted by Crippen LogP contribution is -2.92. The molecule has 2 aromatic carbocycles. The van der Waals surface area contributed by atoms with Crippen molar-refractivity contribution in [2.45, 2.75) is 25.9 Å². The van der Waals surface area contributed by atoms with Gasteiger partial charge in [0.1, 0.15) is 12.6 Å². The minimum Gasteiger partial charge on any atom is -0.544 e. The fourth-order valence-corrected chi connectivity index (χ4v) is 2.42. The molecule has 1 unspecified atom stereocenters. The first-order valence-electron chi connectivity index (χ1n) is 7.60. The highest BCUT2D eigenvalue weighted by Gasteiger charge is 2.18. The van der Waals surface area contributed by atoms with E-state index in [-0.39, 0.29) is 6.42 Å². The maximum atomic E-state index is 12.1. The SMILES string of the molecule is Cc1ccc(NC(=O)CC([NH2+]Cc2ccccc2)C(=O)[O-])cc1Cl. The second-order valence-corrected chi connectivity index (χ2v) is 5.97. The summed E-state index contributed by atoms with van der Waals surface area (Å²) in [5, 5.41) is 16.1. The average Bonchev–Trinajstić information content (AvgIpc) is 2.55. The Morgan fingerprint density at radius 3 is 2.54 bits per heavy atom. The van der Waals surface area contributed by atoms with Crippen LogP contribution in [0.2, 0.25) is 5.02 Å². The molecule has 0 aliphatic heterocycles. The molecule has 1 amide bonds. The van der Waals surface area contributed by atoms with Crippen LogP contribution >= 0.6 is 11.6 Å². The molecule has 2 rings (SSSR count). The van der Waals surface area contributed by atoms with Crippen LogP contribution in [0.3, 0.4) is 0 Å². The zero-order chi connectivity index (χ0) is 17.5. The van der Waals surface area contributed by atoms with Gasteiger partial charge in [-0.25, -0.2) is 0 Å². The number of carboxylic acids is 1. The highest BCUT2D eigenvalue weighted by molar-refractivity contribution is 6.31. The van der Waals surface area contributed by atoms with Crippen LogP contribution in [0.1, 0.15) is 17.5 Å². The van der Waals surface area contributed by atoms with E-state index < -0.39 is 17.9 Å². The van der Waals surface area contributed by atoms with Gasteiger partial charge < -0.3 is 20.5 Å². The third-order valence-electron chi connectivity index (χ3n) is 3.64. The number of amides is 1. The Morgan fingerprint density at radius 1 is 1.21 bits per heavy atom. The molecule has 6 heteroatoms. The van der Waals surface area contributed by atoms with E-state index in [1.54, 1.807) is 23.5 Å². The summed E-state index contributed by atoms with van der Waals surface area (Å²) in [5.74, 6) is -1.66. The van der Waals surface area contributed by atoms with Gasteiger partial charge in [0.15, 0.2) is 0 Å². The number of hydrogen-bond acceptors (Lipinski definition) is 3. The van der Waals surface area contributed by atoms with Crippen molar-refractivity contribution in [3.63, 3.8) is 0 Å². The van der Waals surface area contributed by atoms with Crippen LogP contribution < -0.4 is 15.7 Å². The van der Waals surface area contributed by atoms with E-state index in [9.17, 15) is 14.7 Å². The van der Waals surface area contributed by atoms with Crippen molar-refractivity contribution in [1.82, 2.24) is 0 Å². The molecule has 0 saturated carbocycles. The van der Waals surface area contributed by atoms with Gasteiger partial charge in [0.2, 0.25) is 5.91 Å². The first-order chi connectivity index (χ1) is 11.5. The van der Waals surface area contributed by atoms with E-state index in [0.717, 1.165) is 11.1 Å². The summed E-state index contributed by atoms with van der Waals surface area (Å²) in [5.41, 5.74) is 2.42. The van der Waals surface area contributed by atoms with Crippen molar-refractivity contribution in [1.29, 1.82) is 0 Å². The predicted octanol–water partition coefficient (Wildman–Crippen LogP) is 0.859. The summed E-state index contributed by atoms with van der Waals surface area (Å²) >= 11 is 6.01. The molecular weight excluding hydrogens is 328 g/mol. The second kappa shape index (κ2) is 8.47. The number of carboxylic acid groups (broad SMARTS) is 1. The largest absolute Gasteiger partial charge is 0.544 e. The number of aliphatic carboxylic acids is 1. The summed E-state index contributed by atoms with van der Waals surface area (Å²) in [6.07, 6.45) is -0.180. The van der Waals surface area contributed by atoms with Crippen molar-refractivity contribution in [2.75, 3.05) is 5.32 Å². The van der Waals surface area contributed by atoms with Gasteiger partial charge in [0.05, 0.1) is 12.4 Å². The fraction of sp³-hybridized carbons (Fsp3) is 0.222. The summed E-state index contributed by atoms with van der Waals surface area (Å²) in [6, 6.07) is 13.6. The van der Waals surface area contributed by atoms with Gasteiger partial charge in [-0.05, 0) is 24.6 Å². The minimum atomic E-state index is -1.26. The van der Waals surface area contributed by atoms with Crippen molar-refractivity contribution in [2.24, 2.45) is 0 Å². The molecule has 0 aromatic heterocycles. The Labute approximate surface area is 145 Å². The van der Waals surface area contributed by atoms with E-state index in [2.05, 4.69) is 5.32 Å². The molecule has 5 nitrogen and oxygen atoms in total. The monoisotopic (exact) mass is 346 g/mol. The van der Waals surface area contributed by atoms with Crippen LogP contribution in [0.5, 0.6) is 0 Å². The van der Waals surface area contributed by atoms with E-state index in [0.29, 0.717) is 17.3 Å². The molecule has 0 heterocycles. The number of anilines is 1. The Bertz CT molecular complexity index is 719. The van der Waals surface area contributed by atoms with Crippen molar-refractivity contribution >= 4 is 29.2 Å². The van der Waals surface area contributed by atoms with Crippen LogP contribution in [-0.4, -0.2) is 17.9 Å². The minimum absolute atomic E-state index is 0.180. The molecule has 3 N–H and O–H groups in total. The Kier molecular flexibility index (Phi) is 6.35. The van der Waals surface area contributed by atoms with Gasteiger partial charge in [-0.1, -0.05) is 48.0 Å². The molecule has 0 aliphatic carbocycles. The molecule has 0 fully saturated rings. The summed E-state index contributed by atoms with van der Waals surface area (Å²) < 4.78 is 0. The van der Waals surface area contributed by atoms with E-state index in [4.69, 9.17) is 11.6 Å².